The maximum absolute atomic E-state index is 12.4. The van der Waals surface area contributed by atoms with Crippen molar-refractivity contribution in [3.05, 3.63) is 23.3 Å². The van der Waals surface area contributed by atoms with E-state index in [4.69, 9.17) is 11.2 Å². The minimum absolute atomic E-state index is 0.0129. The summed E-state index contributed by atoms with van der Waals surface area (Å²) in [5.74, 6) is 2.54. The third-order valence-corrected chi connectivity index (χ3v) is 5.61. The van der Waals surface area contributed by atoms with Crippen molar-refractivity contribution in [1.29, 1.82) is 0 Å². The van der Waals surface area contributed by atoms with E-state index >= 15 is 0 Å². The van der Waals surface area contributed by atoms with Crippen molar-refractivity contribution in [2.45, 2.75) is 53.6 Å². The van der Waals surface area contributed by atoms with Crippen LogP contribution in [0.1, 0.15) is 47.5 Å². The molecule has 2 aliphatic carbocycles. The predicted molar refractivity (Wildman–Crippen MR) is 80.8 cm³/mol. The molecule has 1 saturated carbocycles. The van der Waals surface area contributed by atoms with Gasteiger partial charge in [-0.05, 0) is 34.5 Å². The Morgan fingerprint density at radius 1 is 1.40 bits per heavy atom. The lowest BCUT2D eigenvalue weighted by molar-refractivity contribution is -0.150. The van der Waals surface area contributed by atoms with Gasteiger partial charge in [0, 0.05) is 12.8 Å². The van der Waals surface area contributed by atoms with E-state index in [1.54, 1.807) is 0 Å². The molecule has 1 fully saturated rings. The van der Waals surface area contributed by atoms with Gasteiger partial charge in [-0.15, -0.1) is 12.3 Å². The molecule has 0 saturated heterocycles. The number of esters is 1. The molecule has 0 aliphatic heterocycles. The van der Waals surface area contributed by atoms with Crippen LogP contribution in [0.25, 0.3) is 0 Å². The van der Waals surface area contributed by atoms with Crippen LogP contribution in [0.15, 0.2) is 23.3 Å². The van der Waals surface area contributed by atoms with Crippen LogP contribution in [0.4, 0.5) is 0 Å². The molecule has 0 amide bonds. The summed E-state index contributed by atoms with van der Waals surface area (Å²) < 4.78 is 5.74. The Labute approximate surface area is 122 Å². The first-order valence-electron chi connectivity index (χ1n) is 7.16. The quantitative estimate of drug-likeness (QED) is 0.575. The highest BCUT2D eigenvalue weighted by Gasteiger charge is 2.69. The zero-order valence-electron chi connectivity index (χ0n) is 13.2. The first-order valence-corrected chi connectivity index (χ1v) is 7.16. The summed E-state index contributed by atoms with van der Waals surface area (Å²) in [6.07, 6.45) is 6.45. The standard InChI is InChI=1S/C18H24O2/c1-8-9-13-11(2)10-14(12(13)3)20-16(19)15-17(4,5)18(15,6)7/h1,14-15H,2,9-10H2,3-7H3/t14-/m1/s1. The van der Waals surface area contributed by atoms with Crippen LogP contribution < -0.4 is 0 Å². The topological polar surface area (TPSA) is 26.3 Å². The van der Waals surface area contributed by atoms with Crippen LogP contribution in [-0.2, 0) is 9.53 Å². The van der Waals surface area contributed by atoms with Crippen molar-refractivity contribution in [2.24, 2.45) is 16.7 Å². The molecule has 2 heteroatoms. The minimum atomic E-state index is -0.175. The van der Waals surface area contributed by atoms with Crippen LogP contribution in [0, 0.1) is 29.1 Å². The first-order chi connectivity index (χ1) is 9.14. The highest BCUT2D eigenvalue weighted by Crippen LogP contribution is 2.68. The molecular weight excluding hydrogens is 248 g/mol. The lowest BCUT2D eigenvalue weighted by Crippen LogP contribution is -2.20. The molecule has 0 N–H and O–H groups in total. The highest BCUT2D eigenvalue weighted by atomic mass is 16.5. The second kappa shape index (κ2) is 4.52. The number of hydrogen-bond donors (Lipinski definition) is 0. The average molecular weight is 272 g/mol. The molecular formula is C18H24O2. The Morgan fingerprint density at radius 2 is 1.95 bits per heavy atom. The van der Waals surface area contributed by atoms with Crippen molar-refractivity contribution >= 4 is 5.97 Å². The number of ether oxygens (including phenoxy) is 1. The van der Waals surface area contributed by atoms with Gasteiger partial charge >= 0.3 is 5.97 Å². The third-order valence-electron chi connectivity index (χ3n) is 5.61. The summed E-state index contributed by atoms with van der Waals surface area (Å²) in [5, 5.41) is 0. The Morgan fingerprint density at radius 3 is 2.40 bits per heavy atom. The van der Waals surface area contributed by atoms with Gasteiger partial charge in [0.15, 0.2) is 0 Å². The normalized spacial score (nSPS) is 27.4. The second-order valence-corrected chi connectivity index (χ2v) is 7.15. The van der Waals surface area contributed by atoms with E-state index in [1.165, 1.54) is 0 Å². The third kappa shape index (κ3) is 2.00. The van der Waals surface area contributed by atoms with Gasteiger partial charge in [-0.2, -0.15) is 0 Å². The Bertz CT molecular complexity index is 526. The van der Waals surface area contributed by atoms with Crippen molar-refractivity contribution in [3.8, 4) is 12.3 Å². The molecule has 0 aromatic heterocycles. The largest absolute Gasteiger partial charge is 0.457 e. The summed E-state index contributed by atoms with van der Waals surface area (Å²) in [4.78, 5) is 12.4. The van der Waals surface area contributed by atoms with Gasteiger partial charge in [0.2, 0.25) is 0 Å². The van der Waals surface area contributed by atoms with E-state index in [-0.39, 0.29) is 28.8 Å². The molecule has 20 heavy (non-hydrogen) atoms. The van der Waals surface area contributed by atoms with Gasteiger partial charge in [-0.25, -0.2) is 0 Å². The lowest BCUT2D eigenvalue weighted by atomic mass is 10.0. The number of carbonyl (C=O) groups is 1. The molecule has 0 heterocycles. The maximum Gasteiger partial charge on any atom is 0.310 e. The average Bonchev–Trinajstić information content (AvgIpc) is 2.58. The highest BCUT2D eigenvalue weighted by molar-refractivity contribution is 5.79. The Hall–Kier alpha value is -1.49. The SMILES string of the molecule is C#CCC1=C(C)[C@H](OC(=O)C2C(C)(C)C2(C)C)CC1=C. The zero-order chi connectivity index (χ0) is 15.3. The van der Waals surface area contributed by atoms with Crippen LogP contribution in [-0.4, -0.2) is 12.1 Å². The van der Waals surface area contributed by atoms with Crippen LogP contribution >= 0.6 is 0 Å². The van der Waals surface area contributed by atoms with E-state index < -0.39 is 0 Å². The number of rotatable bonds is 3. The van der Waals surface area contributed by atoms with Crippen LogP contribution in [0.2, 0.25) is 0 Å². The molecule has 2 nitrogen and oxygen atoms in total. The molecule has 1 atom stereocenters. The van der Waals surface area contributed by atoms with Gasteiger partial charge < -0.3 is 4.74 Å². The predicted octanol–water partition coefficient (Wildman–Crippen LogP) is 3.88. The molecule has 2 aliphatic rings. The molecule has 2 rings (SSSR count). The number of hydrogen-bond acceptors (Lipinski definition) is 2. The summed E-state index contributed by atoms with van der Waals surface area (Å²) >= 11 is 0. The molecule has 0 bridgehead atoms. The van der Waals surface area contributed by atoms with Crippen molar-refractivity contribution in [2.75, 3.05) is 0 Å². The van der Waals surface area contributed by atoms with E-state index in [0.29, 0.717) is 12.8 Å². The van der Waals surface area contributed by atoms with Gasteiger partial charge in [0.25, 0.3) is 0 Å². The van der Waals surface area contributed by atoms with Gasteiger partial charge in [0.1, 0.15) is 6.10 Å². The van der Waals surface area contributed by atoms with Crippen molar-refractivity contribution in [3.63, 3.8) is 0 Å². The maximum atomic E-state index is 12.4. The van der Waals surface area contributed by atoms with Gasteiger partial charge in [0.05, 0.1) is 5.92 Å². The van der Waals surface area contributed by atoms with Crippen LogP contribution in [0.5, 0.6) is 0 Å². The molecule has 0 spiro atoms. The fourth-order valence-electron chi connectivity index (χ4n) is 3.46. The van der Waals surface area contributed by atoms with E-state index in [2.05, 4.69) is 40.2 Å². The molecule has 0 radical (unpaired) electrons. The van der Waals surface area contributed by atoms with Crippen molar-refractivity contribution in [1.82, 2.24) is 0 Å². The van der Waals surface area contributed by atoms with E-state index in [0.717, 1.165) is 16.7 Å². The molecule has 0 unspecified atom stereocenters. The second-order valence-electron chi connectivity index (χ2n) is 7.15. The summed E-state index contributed by atoms with van der Waals surface area (Å²) in [6.45, 7) is 14.5. The summed E-state index contributed by atoms with van der Waals surface area (Å²) in [6, 6.07) is 0. The lowest BCUT2D eigenvalue weighted by Gasteiger charge is -2.14. The number of carbonyl (C=O) groups excluding carboxylic acids is 1. The van der Waals surface area contributed by atoms with Gasteiger partial charge in [-0.1, -0.05) is 34.3 Å². The monoisotopic (exact) mass is 272 g/mol. The molecule has 0 aromatic rings. The number of allylic oxidation sites excluding steroid dienone is 1. The van der Waals surface area contributed by atoms with Crippen molar-refractivity contribution < 1.29 is 9.53 Å². The number of terminal acetylenes is 1. The molecule has 0 aromatic carbocycles. The fraction of sp³-hybridized carbons (Fsp3) is 0.611. The Kier molecular flexibility index (Phi) is 3.37. The summed E-state index contributed by atoms with van der Waals surface area (Å²) in [5.41, 5.74) is 3.18. The van der Waals surface area contributed by atoms with Gasteiger partial charge in [-0.3, -0.25) is 4.79 Å². The minimum Gasteiger partial charge on any atom is -0.457 e. The van der Waals surface area contributed by atoms with Crippen LogP contribution in [0.3, 0.4) is 0 Å². The van der Waals surface area contributed by atoms with E-state index in [1.807, 2.05) is 6.92 Å². The molecule has 108 valence electrons. The fourth-order valence-corrected chi connectivity index (χ4v) is 3.46. The first kappa shape index (κ1) is 14.9. The Balaban J connectivity index is 2.08. The summed E-state index contributed by atoms with van der Waals surface area (Å²) in [7, 11) is 0. The van der Waals surface area contributed by atoms with E-state index in [9.17, 15) is 4.79 Å². The smallest absolute Gasteiger partial charge is 0.310 e. The zero-order valence-corrected chi connectivity index (χ0v) is 13.2.